The number of hydrogen-bond donors (Lipinski definition) is 4. The first-order valence-corrected chi connectivity index (χ1v) is 26.4. The van der Waals surface area contributed by atoms with E-state index in [-0.39, 0.29) is 71.8 Å². The molecule has 0 aromatic heterocycles. The summed E-state index contributed by atoms with van der Waals surface area (Å²) in [4.78, 5) is 55.9. The van der Waals surface area contributed by atoms with Gasteiger partial charge in [-0.05, 0) is 119 Å². The van der Waals surface area contributed by atoms with E-state index in [2.05, 4.69) is 27.7 Å². The molecule has 4 aromatic carbocycles. The molecule has 0 saturated heterocycles. The second kappa shape index (κ2) is 27.7. The van der Waals surface area contributed by atoms with Gasteiger partial charge in [0.05, 0.1) is 0 Å². The molecule has 8 bridgehead atoms. The van der Waals surface area contributed by atoms with E-state index >= 15 is 0 Å². The van der Waals surface area contributed by atoms with Crippen molar-refractivity contribution in [2.24, 2.45) is 0 Å². The SMILES string of the molecule is CCCCCCCC(=O)c1cc2c(O)c(c1)Cc1cc(C(=O)CCCCCCC)cc(c1O)Cc1cc(C(=O)CCCCCCC)cc(c1O)Cc1cc(C(=O)CCCCCCC)cc(c1O)C2. The number of hydrogen-bond acceptors (Lipinski definition) is 8. The van der Waals surface area contributed by atoms with Crippen molar-refractivity contribution >= 4 is 23.1 Å². The van der Waals surface area contributed by atoms with Crippen molar-refractivity contribution in [3.63, 3.8) is 0 Å². The number of phenolic OH excluding ortho intramolecular Hbond substituents is 4. The molecule has 368 valence electrons. The van der Waals surface area contributed by atoms with Crippen LogP contribution in [0.2, 0.25) is 0 Å². The summed E-state index contributed by atoms with van der Waals surface area (Å²) in [6.07, 6.45) is 20.8. The minimum atomic E-state index is -0.0977. The Kier molecular flexibility index (Phi) is 21.9. The number of unbranched alkanes of at least 4 members (excludes halogenated alkanes) is 16. The first-order valence-electron chi connectivity index (χ1n) is 26.4. The maximum Gasteiger partial charge on any atom is 0.162 e. The number of rotatable bonds is 28. The molecule has 0 unspecified atom stereocenters. The van der Waals surface area contributed by atoms with Crippen LogP contribution in [0.4, 0.5) is 0 Å². The van der Waals surface area contributed by atoms with Gasteiger partial charge in [-0.1, -0.05) is 130 Å². The van der Waals surface area contributed by atoms with Gasteiger partial charge in [-0.25, -0.2) is 0 Å². The van der Waals surface area contributed by atoms with Crippen LogP contribution in [0.3, 0.4) is 0 Å². The zero-order valence-electron chi connectivity index (χ0n) is 41.8. The van der Waals surface area contributed by atoms with Crippen LogP contribution in [0, 0.1) is 0 Å². The molecule has 0 aliphatic heterocycles. The van der Waals surface area contributed by atoms with Crippen LogP contribution < -0.4 is 0 Å². The number of carbonyl (C=O) groups is 4. The third kappa shape index (κ3) is 15.4. The van der Waals surface area contributed by atoms with Crippen LogP contribution >= 0.6 is 0 Å². The summed E-state index contributed by atoms with van der Waals surface area (Å²) in [5.41, 5.74) is 4.67. The van der Waals surface area contributed by atoms with E-state index in [1.54, 1.807) is 48.5 Å². The van der Waals surface area contributed by atoms with Crippen molar-refractivity contribution in [3.05, 3.63) is 115 Å². The fourth-order valence-corrected chi connectivity index (χ4v) is 9.72. The monoisotopic (exact) mass is 929 g/mol. The van der Waals surface area contributed by atoms with Gasteiger partial charge in [-0.2, -0.15) is 0 Å². The second-order valence-corrected chi connectivity index (χ2v) is 19.6. The highest BCUT2D eigenvalue weighted by Crippen LogP contribution is 2.40. The largest absolute Gasteiger partial charge is 0.507 e. The van der Waals surface area contributed by atoms with Crippen molar-refractivity contribution in [2.45, 2.75) is 207 Å². The van der Waals surface area contributed by atoms with Gasteiger partial charge in [-0.15, -0.1) is 0 Å². The molecular weight excluding hydrogens is 849 g/mol. The Balaban J connectivity index is 1.70. The van der Waals surface area contributed by atoms with Crippen LogP contribution in [-0.4, -0.2) is 43.6 Å². The van der Waals surface area contributed by atoms with E-state index in [9.17, 15) is 39.6 Å². The lowest BCUT2D eigenvalue weighted by atomic mass is 9.86. The van der Waals surface area contributed by atoms with Gasteiger partial charge in [0.1, 0.15) is 23.0 Å². The molecule has 5 rings (SSSR count). The normalized spacial score (nSPS) is 12.3. The molecule has 0 fully saturated rings. The molecule has 0 saturated carbocycles. The zero-order valence-corrected chi connectivity index (χ0v) is 41.8. The minimum Gasteiger partial charge on any atom is -0.507 e. The van der Waals surface area contributed by atoms with Gasteiger partial charge in [-0.3, -0.25) is 19.2 Å². The second-order valence-electron chi connectivity index (χ2n) is 19.6. The molecule has 68 heavy (non-hydrogen) atoms. The number of ketones is 4. The minimum absolute atomic E-state index is 0.0194. The number of carbonyl (C=O) groups excluding carboxylic acids is 4. The average Bonchev–Trinajstić information content (AvgIpc) is 3.32. The Labute approximate surface area is 407 Å². The first kappa shape index (κ1) is 53.7. The van der Waals surface area contributed by atoms with E-state index in [4.69, 9.17) is 0 Å². The summed E-state index contributed by atoms with van der Waals surface area (Å²) in [5, 5.41) is 48.7. The van der Waals surface area contributed by atoms with E-state index in [1.165, 1.54) is 0 Å². The van der Waals surface area contributed by atoms with Crippen molar-refractivity contribution in [3.8, 4) is 23.0 Å². The maximum atomic E-state index is 14.0. The Bertz CT molecular complexity index is 1920. The smallest absolute Gasteiger partial charge is 0.162 e. The highest BCUT2D eigenvalue weighted by atomic mass is 16.3. The predicted octanol–water partition coefficient (Wildman–Crippen LogP) is 15.4. The maximum absolute atomic E-state index is 14.0. The highest BCUT2D eigenvalue weighted by molar-refractivity contribution is 5.99. The molecule has 0 radical (unpaired) electrons. The molecule has 1 aliphatic rings. The van der Waals surface area contributed by atoms with Crippen molar-refractivity contribution in [2.75, 3.05) is 0 Å². The fraction of sp³-hybridized carbons (Fsp3) is 0.533. The number of aromatic hydroxyl groups is 4. The first-order chi connectivity index (χ1) is 32.9. The summed E-state index contributed by atoms with van der Waals surface area (Å²) >= 11 is 0. The molecule has 4 aromatic rings. The van der Waals surface area contributed by atoms with Gasteiger partial charge in [0.15, 0.2) is 23.1 Å². The van der Waals surface area contributed by atoms with Crippen LogP contribution in [0.5, 0.6) is 23.0 Å². The van der Waals surface area contributed by atoms with Crippen molar-refractivity contribution < 1.29 is 39.6 Å². The number of Topliss-reactive ketones (excluding diaryl/α,β-unsaturated/α-hetero) is 4. The third-order valence-electron chi connectivity index (χ3n) is 13.9. The lowest BCUT2D eigenvalue weighted by Crippen LogP contribution is -2.09. The molecule has 8 nitrogen and oxygen atoms in total. The average molecular weight is 929 g/mol. The molecule has 8 heteroatoms. The highest BCUT2D eigenvalue weighted by Gasteiger charge is 2.25. The fourth-order valence-electron chi connectivity index (χ4n) is 9.72. The molecule has 0 heterocycles. The molecule has 4 N–H and O–H groups in total. The Morgan fingerprint density at radius 2 is 0.456 bits per heavy atom. The van der Waals surface area contributed by atoms with Gasteiger partial charge < -0.3 is 20.4 Å². The van der Waals surface area contributed by atoms with Crippen LogP contribution in [0.25, 0.3) is 0 Å². The number of benzene rings is 4. The summed E-state index contributed by atoms with van der Waals surface area (Å²) in [6.45, 7) is 8.59. The standard InChI is InChI=1S/C60H80O8/c1-5-9-13-17-21-25-53(61)41-29-45-37-47-31-42(54(62)26-22-18-14-10-6-2)33-49(58(47)66)39-51-35-44(56(64)28-24-20-16-12-8-4)36-52(60(51)68)40-50-34-43(55(63)27-23-19-15-11-7-3)32-48(59(50)67)38-46(30-41)57(45)65/h29-36,65-68H,5-28,37-40H2,1-4H3. The van der Waals surface area contributed by atoms with Gasteiger partial charge in [0.2, 0.25) is 0 Å². The van der Waals surface area contributed by atoms with Crippen LogP contribution in [-0.2, 0) is 25.7 Å². The summed E-state index contributed by atoms with van der Waals surface area (Å²) in [5.74, 6) is -0.696. The van der Waals surface area contributed by atoms with E-state index in [0.717, 1.165) is 128 Å². The van der Waals surface area contributed by atoms with Crippen molar-refractivity contribution in [1.82, 2.24) is 0 Å². The van der Waals surface area contributed by atoms with Crippen molar-refractivity contribution in [1.29, 1.82) is 0 Å². The molecular formula is C60H80O8. The summed E-state index contributed by atoms with van der Waals surface area (Å²) in [6, 6.07) is 13.4. The Hall–Kier alpha value is -5.24. The molecule has 1 aliphatic carbocycles. The van der Waals surface area contributed by atoms with Crippen LogP contribution in [0.1, 0.15) is 268 Å². The third-order valence-corrected chi connectivity index (χ3v) is 13.9. The quantitative estimate of drug-likeness (QED) is 0.0286. The zero-order chi connectivity index (χ0) is 49.0. The lowest BCUT2D eigenvalue weighted by molar-refractivity contribution is 0.0971. The molecule has 0 amide bonds. The molecule has 0 atom stereocenters. The Morgan fingerprint density at radius 1 is 0.294 bits per heavy atom. The predicted molar refractivity (Wildman–Crippen MR) is 274 cm³/mol. The van der Waals surface area contributed by atoms with E-state index in [0.29, 0.717) is 92.4 Å². The Morgan fingerprint density at radius 3 is 0.618 bits per heavy atom. The topological polar surface area (TPSA) is 149 Å². The van der Waals surface area contributed by atoms with Crippen LogP contribution in [0.15, 0.2) is 48.5 Å². The van der Waals surface area contributed by atoms with E-state index in [1.807, 2.05) is 0 Å². The summed E-state index contributed by atoms with van der Waals surface area (Å²) < 4.78 is 0. The summed E-state index contributed by atoms with van der Waals surface area (Å²) in [7, 11) is 0. The van der Waals surface area contributed by atoms with E-state index < -0.39 is 0 Å². The van der Waals surface area contributed by atoms with Gasteiger partial charge >= 0.3 is 0 Å². The van der Waals surface area contributed by atoms with Gasteiger partial charge in [0.25, 0.3) is 0 Å². The van der Waals surface area contributed by atoms with Gasteiger partial charge in [0, 0.05) is 73.6 Å². The molecule has 0 spiro atoms. The lowest BCUT2D eigenvalue weighted by Gasteiger charge is -2.20. The number of phenols is 4. The number of fused-ring (bicyclic) bond motifs is 8.